The van der Waals surface area contributed by atoms with Gasteiger partial charge in [0.2, 0.25) is 0 Å². The topological polar surface area (TPSA) is 63.4 Å². The van der Waals surface area contributed by atoms with Crippen molar-refractivity contribution >= 4 is 21.4 Å². The standard InChI is InChI=1S/C14H22N2O2S2/c1-2-13-5-6-14(19-13)20(17,18)16-8-10-3-4-12(15)7-11(10)9-16/h5-6,10-12H,2-4,7-9,15H2,1H3/t10-,11+,12?/m1/s1. The Kier molecular flexibility index (Phi) is 3.92. The van der Waals surface area contributed by atoms with E-state index in [1.54, 1.807) is 10.4 Å². The predicted molar refractivity (Wildman–Crippen MR) is 81.3 cm³/mol. The highest BCUT2D eigenvalue weighted by atomic mass is 32.2. The van der Waals surface area contributed by atoms with Gasteiger partial charge in [0.15, 0.2) is 0 Å². The zero-order chi connectivity index (χ0) is 14.3. The molecule has 3 rings (SSSR count). The first-order valence-corrected chi connectivity index (χ1v) is 9.60. The van der Waals surface area contributed by atoms with Crippen molar-refractivity contribution in [3.05, 3.63) is 17.0 Å². The Labute approximate surface area is 125 Å². The predicted octanol–water partition coefficient (Wildman–Crippen LogP) is 2.06. The fraction of sp³-hybridized carbons (Fsp3) is 0.714. The Hall–Kier alpha value is -0.430. The number of hydrogen-bond donors (Lipinski definition) is 1. The second-order valence-electron chi connectivity index (χ2n) is 5.99. The van der Waals surface area contributed by atoms with Crippen LogP contribution in [0.25, 0.3) is 0 Å². The van der Waals surface area contributed by atoms with Crippen molar-refractivity contribution in [2.45, 2.75) is 42.9 Å². The molecule has 2 aliphatic rings. The molecule has 20 heavy (non-hydrogen) atoms. The first-order chi connectivity index (χ1) is 9.50. The average Bonchev–Trinajstić information content (AvgIpc) is 3.04. The van der Waals surface area contributed by atoms with Crippen LogP contribution in [0.15, 0.2) is 16.3 Å². The molecule has 1 saturated heterocycles. The lowest BCUT2D eigenvalue weighted by molar-refractivity contribution is 0.271. The fourth-order valence-electron chi connectivity index (χ4n) is 3.44. The summed E-state index contributed by atoms with van der Waals surface area (Å²) in [6.07, 6.45) is 3.97. The molecule has 0 aromatic carbocycles. The molecule has 0 radical (unpaired) electrons. The van der Waals surface area contributed by atoms with Crippen LogP contribution in [0.5, 0.6) is 0 Å². The molecule has 1 saturated carbocycles. The zero-order valence-electron chi connectivity index (χ0n) is 11.8. The maximum Gasteiger partial charge on any atom is 0.252 e. The molecular formula is C14H22N2O2S2. The minimum Gasteiger partial charge on any atom is -0.328 e. The lowest BCUT2D eigenvalue weighted by atomic mass is 9.79. The van der Waals surface area contributed by atoms with Crippen LogP contribution in [0.3, 0.4) is 0 Å². The van der Waals surface area contributed by atoms with E-state index in [0.717, 1.165) is 30.6 Å². The summed E-state index contributed by atoms with van der Waals surface area (Å²) in [4.78, 5) is 1.13. The van der Waals surface area contributed by atoms with Crippen molar-refractivity contribution < 1.29 is 8.42 Å². The minimum absolute atomic E-state index is 0.257. The normalized spacial score (nSPS) is 31.4. The number of thiophene rings is 1. The summed E-state index contributed by atoms with van der Waals surface area (Å²) in [5.41, 5.74) is 6.01. The van der Waals surface area contributed by atoms with E-state index in [2.05, 4.69) is 0 Å². The van der Waals surface area contributed by atoms with Gasteiger partial charge < -0.3 is 5.73 Å². The van der Waals surface area contributed by atoms with Crippen molar-refractivity contribution in [2.75, 3.05) is 13.1 Å². The SMILES string of the molecule is CCc1ccc(S(=O)(=O)N2C[C@H]3CCC(N)C[C@H]3C2)s1. The third kappa shape index (κ3) is 2.54. The minimum atomic E-state index is -3.29. The molecule has 1 aliphatic heterocycles. The van der Waals surface area contributed by atoms with E-state index in [0.29, 0.717) is 29.1 Å². The molecule has 2 fully saturated rings. The van der Waals surface area contributed by atoms with Crippen LogP contribution < -0.4 is 5.73 Å². The Bertz CT molecular complexity index is 582. The van der Waals surface area contributed by atoms with Crippen molar-refractivity contribution in [1.82, 2.24) is 4.31 Å². The molecule has 0 bridgehead atoms. The summed E-state index contributed by atoms with van der Waals surface area (Å²) < 4.78 is 27.6. The average molecular weight is 314 g/mol. The fourth-order valence-corrected chi connectivity index (χ4v) is 6.44. The molecule has 0 amide bonds. The van der Waals surface area contributed by atoms with Gasteiger partial charge in [-0.1, -0.05) is 6.92 Å². The van der Waals surface area contributed by atoms with E-state index in [4.69, 9.17) is 5.73 Å². The summed E-state index contributed by atoms with van der Waals surface area (Å²) in [6.45, 7) is 3.38. The molecule has 1 aromatic heterocycles. The quantitative estimate of drug-likeness (QED) is 0.929. The van der Waals surface area contributed by atoms with E-state index in [1.165, 1.54) is 11.3 Å². The largest absolute Gasteiger partial charge is 0.328 e. The summed E-state index contributed by atoms with van der Waals surface area (Å²) >= 11 is 1.41. The summed E-state index contributed by atoms with van der Waals surface area (Å²) in [5.74, 6) is 0.967. The second kappa shape index (κ2) is 5.40. The number of nitrogens with zero attached hydrogens (tertiary/aromatic N) is 1. The van der Waals surface area contributed by atoms with E-state index < -0.39 is 10.0 Å². The van der Waals surface area contributed by atoms with E-state index in [1.807, 2.05) is 13.0 Å². The molecule has 1 aromatic rings. The van der Waals surface area contributed by atoms with Crippen molar-refractivity contribution in [2.24, 2.45) is 17.6 Å². The highest BCUT2D eigenvalue weighted by Crippen LogP contribution is 2.38. The smallest absolute Gasteiger partial charge is 0.252 e. The van der Waals surface area contributed by atoms with E-state index >= 15 is 0 Å². The molecule has 4 nitrogen and oxygen atoms in total. The van der Waals surface area contributed by atoms with E-state index in [-0.39, 0.29) is 6.04 Å². The van der Waals surface area contributed by atoms with Gasteiger partial charge in [-0.15, -0.1) is 11.3 Å². The molecule has 3 atom stereocenters. The van der Waals surface area contributed by atoms with Crippen molar-refractivity contribution in [1.29, 1.82) is 0 Å². The number of rotatable bonds is 3. The van der Waals surface area contributed by atoms with Gasteiger partial charge in [-0.05, 0) is 49.7 Å². The lowest BCUT2D eigenvalue weighted by Crippen LogP contribution is -2.32. The summed E-state index contributed by atoms with van der Waals surface area (Å²) in [5, 5.41) is 0. The Balaban J connectivity index is 1.79. The van der Waals surface area contributed by atoms with Gasteiger partial charge in [-0.25, -0.2) is 8.42 Å². The Morgan fingerprint density at radius 2 is 2.05 bits per heavy atom. The number of hydrogen-bond acceptors (Lipinski definition) is 4. The molecule has 0 spiro atoms. The van der Waals surface area contributed by atoms with Crippen molar-refractivity contribution in [3.63, 3.8) is 0 Å². The van der Waals surface area contributed by atoms with Crippen LogP contribution in [0.2, 0.25) is 0 Å². The molecule has 6 heteroatoms. The van der Waals surface area contributed by atoms with Gasteiger partial charge >= 0.3 is 0 Å². The van der Waals surface area contributed by atoms with Gasteiger partial charge in [0, 0.05) is 24.0 Å². The van der Waals surface area contributed by atoms with Crippen LogP contribution in [-0.4, -0.2) is 31.9 Å². The van der Waals surface area contributed by atoms with Crippen LogP contribution in [0.1, 0.15) is 31.1 Å². The molecule has 112 valence electrons. The monoisotopic (exact) mass is 314 g/mol. The van der Waals surface area contributed by atoms with Crippen LogP contribution in [0, 0.1) is 11.8 Å². The van der Waals surface area contributed by atoms with Gasteiger partial charge in [0.05, 0.1) is 0 Å². The maximum atomic E-state index is 12.7. The molecule has 2 N–H and O–H groups in total. The highest BCUT2D eigenvalue weighted by Gasteiger charge is 2.42. The third-order valence-corrected chi connectivity index (χ3v) is 8.16. The summed E-state index contributed by atoms with van der Waals surface area (Å²) in [6, 6.07) is 3.94. The zero-order valence-corrected chi connectivity index (χ0v) is 13.4. The Morgan fingerprint density at radius 3 is 2.75 bits per heavy atom. The van der Waals surface area contributed by atoms with Gasteiger partial charge in [0.1, 0.15) is 4.21 Å². The lowest BCUT2D eigenvalue weighted by Gasteiger charge is -2.28. The second-order valence-corrected chi connectivity index (χ2v) is 9.32. The van der Waals surface area contributed by atoms with Crippen LogP contribution in [0.4, 0.5) is 0 Å². The molecule has 1 aliphatic carbocycles. The van der Waals surface area contributed by atoms with Crippen LogP contribution in [-0.2, 0) is 16.4 Å². The maximum absolute atomic E-state index is 12.7. The number of sulfonamides is 1. The number of nitrogens with two attached hydrogens (primary N) is 1. The van der Waals surface area contributed by atoms with Gasteiger partial charge in [-0.2, -0.15) is 4.31 Å². The Morgan fingerprint density at radius 1 is 1.30 bits per heavy atom. The molecular weight excluding hydrogens is 292 g/mol. The van der Waals surface area contributed by atoms with Gasteiger partial charge in [-0.3, -0.25) is 0 Å². The van der Waals surface area contributed by atoms with Crippen molar-refractivity contribution in [3.8, 4) is 0 Å². The third-order valence-electron chi connectivity index (χ3n) is 4.64. The molecule has 1 unspecified atom stereocenters. The highest BCUT2D eigenvalue weighted by molar-refractivity contribution is 7.91. The van der Waals surface area contributed by atoms with Crippen LogP contribution >= 0.6 is 11.3 Å². The van der Waals surface area contributed by atoms with Gasteiger partial charge in [0.25, 0.3) is 10.0 Å². The first kappa shape index (κ1) is 14.5. The first-order valence-electron chi connectivity index (χ1n) is 7.35. The van der Waals surface area contributed by atoms with E-state index in [9.17, 15) is 8.42 Å². The summed E-state index contributed by atoms with van der Waals surface area (Å²) in [7, 11) is -3.29. The number of fused-ring (bicyclic) bond motifs is 1. The number of aryl methyl sites for hydroxylation is 1. The molecule has 2 heterocycles.